The van der Waals surface area contributed by atoms with E-state index in [0.717, 1.165) is 10.5 Å². The number of benzene rings is 2. The number of carbonyl (C=O) groups excluding carboxylic acids is 2. The predicted molar refractivity (Wildman–Crippen MR) is 103 cm³/mol. The van der Waals surface area contributed by atoms with Crippen molar-refractivity contribution in [3.63, 3.8) is 0 Å². The number of aryl methyl sites for hydroxylation is 1. The van der Waals surface area contributed by atoms with E-state index < -0.39 is 23.6 Å². The van der Waals surface area contributed by atoms with Gasteiger partial charge in [-0.05, 0) is 43.7 Å². The average molecular weight is 384 g/mol. The molecule has 1 heterocycles. The van der Waals surface area contributed by atoms with Crippen LogP contribution in [0.25, 0.3) is 0 Å². The highest BCUT2D eigenvalue weighted by Gasteiger charge is 2.49. The molecule has 0 unspecified atom stereocenters. The molecule has 0 saturated carbocycles. The van der Waals surface area contributed by atoms with Crippen molar-refractivity contribution in [2.45, 2.75) is 25.5 Å². The number of aliphatic hydroxyl groups is 1. The van der Waals surface area contributed by atoms with Crippen molar-refractivity contribution in [1.29, 1.82) is 0 Å². The molecular weight excluding hydrogens is 360 g/mol. The number of methoxy groups -OCH3 is 1. The summed E-state index contributed by atoms with van der Waals surface area (Å²) >= 11 is 0. The minimum absolute atomic E-state index is 0.0284. The van der Waals surface area contributed by atoms with Gasteiger partial charge in [0.25, 0.3) is 5.91 Å². The molecule has 7 heteroatoms. The van der Waals surface area contributed by atoms with Crippen LogP contribution >= 0.6 is 0 Å². The molecule has 1 fully saturated rings. The van der Waals surface area contributed by atoms with E-state index in [9.17, 15) is 14.7 Å². The molecule has 2 atom stereocenters. The molecule has 0 spiro atoms. The summed E-state index contributed by atoms with van der Waals surface area (Å²) < 4.78 is 10.7. The van der Waals surface area contributed by atoms with Crippen LogP contribution in [-0.4, -0.2) is 48.3 Å². The number of hydrogen-bond acceptors (Lipinski definition) is 5. The monoisotopic (exact) mass is 384 g/mol. The second-order valence-corrected chi connectivity index (χ2v) is 6.98. The summed E-state index contributed by atoms with van der Waals surface area (Å²) in [4.78, 5) is 26.3. The van der Waals surface area contributed by atoms with Crippen molar-refractivity contribution in [2.24, 2.45) is 0 Å². The van der Waals surface area contributed by atoms with Crippen LogP contribution in [0.15, 0.2) is 48.5 Å². The molecule has 3 rings (SSSR count). The normalized spacial score (nSPS) is 20.1. The minimum atomic E-state index is -1.19. The lowest BCUT2D eigenvalue weighted by molar-refractivity contribution is -0.132. The lowest BCUT2D eigenvalue weighted by atomic mass is 9.92. The van der Waals surface area contributed by atoms with Crippen molar-refractivity contribution < 1.29 is 24.2 Å². The Kier molecular flexibility index (Phi) is 5.56. The van der Waals surface area contributed by atoms with Crippen LogP contribution in [0.4, 0.5) is 4.79 Å². The number of β-amino-alcohol motifs (C(OH)–C–C–N with tert-alkyl or cyclic N) is 1. The van der Waals surface area contributed by atoms with E-state index in [1.54, 1.807) is 50.4 Å². The maximum absolute atomic E-state index is 12.9. The number of urea groups is 1. The van der Waals surface area contributed by atoms with Crippen LogP contribution < -0.4 is 14.8 Å². The lowest BCUT2D eigenvalue weighted by Crippen LogP contribution is -2.42. The summed E-state index contributed by atoms with van der Waals surface area (Å²) in [5.74, 6) is 0.853. The Hall–Kier alpha value is -3.06. The van der Waals surface area contributed by atoms with Gasteiger partial charge in [-0.15, -0.1) is 0 Å². The number of imide groups is 1. The van der Waals surface area contributed by atoms with Gasteiger partial charge < -0.3 is 19.9 Å². The first-order chi connectivity index (χ1) is 13.3. The van der Waals surface area contributed by atoms with Crippen LogP contribution in [-0.2, 0) is 10.3 Å². The molecule has 1 aliphatic rings. The topological polar surface area (TPSA) is 88.1 Å². The number of nitrogens with one attached hydrogen (secondary N) is 1. The maximum atomic E-state index is 12.9. The van der Waals surface area contributed by atoms with Gasteiger partial charge in [0.15, 0.2) is 0 Å². The molecule has 2 N–H and O–H groups in total. The Bertz CT molecular complexity index is 850. The predicted octanol–water partition coefficient (Wildman–Crippen LogP) is 2.21. The van der Waals surface area contributed by atoms with Crippen LogP contribution in [0.1, 0.15) is 18.1 Å². The molecule has 0 radical (unpaired) electrons. The summed E-state index contributed by atoms with van der Waals surface area (Å²) in [7, 11) is 1.56. The van der Waals surface area contributed by atoms with E-state index >= 15 is 0 Å². The molecule has 28 heavy (non-hydrogen) atoms. The Morgan fingerprint density at radius 3 is 2.29 bits per heavy atom. The molecule has 2 aromatic rings. The van der Waals surface area contributed by atoms with Crippen LogP contribution in [0.2, 0.25) is 0 Å². The zero-order chi connectivity index (χ0) is 20.3. The Morgan fingerprint density at radius 1 is 1.07 bits per heavy atom. The van der Waals surface area contributed by atoms with Gasteiger partial charge in [0.2, 0.25) is 0 Å². The molecular formula is C21H24N2O5. The third kappa shape index (κ3) is 3.94. The first-order valence-electron chi connectivity index (χ1n) is 8.99. The van der Waals surface area contributed by atoms with Gasteiger partial charge in [0.05, 0.1) is 13.7 Å². The fraction of sp³-hybridized carbons (Fsp3) is 0.333. The van der Waals surface area contributed by atoms with Gasteiger partial charge >= 0.3 is 6.03 Å². The second-order valence-electron chi connectivity index (χ2n) is 6.98. The zero-order valence-electron chi connectivity index (χ0n) is 16.1. The fourth-order valence-corrected chi connectivity index (χ4v) is 3.07. The highest BCUT2D eigenvalue weighted by molar-refractivity contribution is 6.07. The summed E-state index contributed by atoms with van der Waals surface area (Å²) in [5, 5.41) is 13.0. The number of rotatable bonds is 7. The van der Waals surface area contributed by atoms with E-state index in [4.69, 9.17) is 9.47 Å². The SMILES string of the molecule is COc1ccc([C@]2(C)NC(=O)N(C[C@@H](O)COc3ccc(C)cc3)C2=O)cc1. The first kappa shape index (κ1) is 19.7. The van der Waals surface area contributed by atoms with Crippen molar-refractivity contribution in [1.82, 2.24) is 10.2 Å². The van der Waals surface area contributed by atoms with Crippen molar-refractivity contribution in [2.75, 3.05) is 20.3 Å². The second kappa shape index (κ2) is 7.90. The van der Waals surface area contributed by atoms with E-state index in [1.807, 2.05) is 19.1 Å². The Morgan fingerprint density at radius 2 is 1.68 bits per heavy atom. The summed E-state index contributed by atoms with van der Waals surface area (Å²) in [5.41, 5.74) is 0.547. The van der Waals surface area contributed by atoms with Crippen molar-refractivity contribution in [3.8, 4) is 11.5 Å². The zero-order valence-corrected chi connectivity index (χ0v) is 16.1. The number of carbonyl (C=O) groups is 2. The Balaban J connectivity index is 1.64. The molecule has 1 saturated heterocycles. The maximum Gasteiger partial charge on any atom is 0.325 e. The number of nitrogens with zero attached hydrogens (tertiary/aromatic N) is 1. The average Bonchev–Trinajstić information content (AvgIpc) is 2.91. The highest BCUT2D eigenvalue weighted by Crippen LogP contribution is 2.30. The number of hydrogen-bond donors (Lipinski definition) is 2. The molecule has 148 valence electrons. The van der Waals surface area contributed by atoms with E-state index in [-0.39, 0.29) is 13.2 Å². The number of ether oxygens (including phenoxy) is 2. The van der Waals surface area contributed by atoms with E-state index in [2.05, 4.69) is 5.32 Å². The van der Waals surface area contributed by atoms with Gasteiger partial charge in [-0.3, -0.25) is 9.69 Å². The summed E-state index contributed by atoms with van der Waals surface area (Å²) in [6, 6.07) is 13.8. The molecule has 0 aliphatic carbocycles. The van der Waals surface area contributed by atoms with Crippen molar-refractivity contribution >= 4 is 11.9 Å². The van der Waals surface area contributed by atoms with Gasteiger partial charge in [0.1, 0.15) is 29.7 Å². The van der Waals surface area contributed by atoms with Gasteiger partial charge in [-0.2, -0.15) is 0 Å². The van der Waals surface area contributed by atoms with E-state index in [1.165, 1.54) is 0 Å². The molecule has 0 bridgehead atoms. The molecule has 7 nitrogen and oxygen atoms in total. The van der Waals surface area contributed by atoms with Gasteiger partial charge in [-0.1, -0.05) is 29.8 Å². The third-order valence-electron chi connectivity index (χ3n) is 4.80. The number of aliphatic hydroxyl groups excluding tert-OH is 1. The first-order valence-corrected chi connectivity index (χ1v) is 8.99. The van der Waals surface area contributed by atoms with Crippen LogP contribution in [0.3, 0.4) is 0 Å². The van der Waals surface area contributed by atoms with E-state index in [0.29, 0.717) is 17.1 Å². The quantitative estimate of drug-likeness (QED) is 0.715. The molecule has 3 amide bonds. The Labute approximate surface area is 163 Å². The summed E-state index contributed by atoms with van der Waals surface area (Å²) in [6.45, 7) is 3.43. The van der Waals surface area contributed by atoms with Crippen LogP contribution in [0.5, 0.6) is 11.5 Å². The van der Waals surface area contributed by atoms with Crippen LogP contribution in [0, 0.1) is 6.92 Å². The molecule has 1 aliphatic heterocycles. The summed E-state index contributed by atoms with van der Waals surface area (Å²) in [6.07, 6.45) is -1.01. The van der Waals surface area contributed by atoms with Crippen molar-refractivity contribution in [3.05, 3.63) is 59.7 Å². The minimum Gasteiger partial charge on any atom is -0.497 e. The standard InChI is InChI=1S/C21H24N2O5/c1-14-4-8-18(9-5-14)28-13-16(24)12-23-19(25)21(2,22-20(23)26)15-6-10-17(27-3)11-7-15/h4-11,16,24H,12-13H2,1-3H3,(H,22,26)/t16-,21+/m1/s1. The molecule has 2 aromatic carbocycles. The van der Waals surface area contributed by atoms with Gasteiger partial charge in [0, 0.05) is 0 Å². The largest absolute Gasteiger partial charge is 0.497 e. The third-order valence-corrected chi connectivity index (χ3v) is 4.80. The molecule has 0 aromatic heterocycles. The smallest absolute Gasteiger partial charge is 0.325 e. The number of amides is 3. The lowest BCUT2D eigenvalue weighted by Gasteiger charge is -2.23. The highest BCUT2D eigenvalue weighted by atomic mass is 16.5. The van der Waals surface area contributed by atoms with Gasteiger partial charge in [-0.25, -0.2) is 4.79 Å². The fourth-order valence-electron chi connectivity index (χ4n) is 3.07.